The second-order valence-corrected chi connectivity index (χ2v) is 6.84. The summed E-state index contributed by atoms with van der Waals surface area (Å²) in [5.74, 6) is -0.823. The number of fused-ring (bicyclic) bond motifs is 1. The van der Waals surface area contributed by atoms with E-state index in [2.05, 4.69) is 21.2 Å². The summed E-state index contributed by atoms with van der Waals surface area (Å²) in [6.45, 7) is 3.80. The first-order chi connectivity index (χ1) is 10.8. The number of aryl methyl sites for hydroxylation is 2. The van der Waals surface area contributed by atoms with Crippen LogP contribution in [0, 0.1) is 13.8 Å². The molecule has 0 saturated carbocycles. The highest BCUT2D eigenvalue weighted by molar-refractivity contribution is 9.10. The molecular weight excluding hydrogens is 358 g/mol. The van der Waals surface area contributed by atoms with Crippen molar-refractivity contribution in [2.45, 2.75) is 25.9 Å². The lowest BCUT2D eigenvalue weighted by atomic mass is 9.87. The van der Waals surface area contributed by atoms with E-state index in [1.165, 1.54) is 0 Å². The first kappa shape index (κ1) is 15.9. The molecule has 1 atom stereocenters. The van der Waals surface area contributed by atoms with Gasteiger partial charge in [-0.2, -0.15) is 0 Å². The average Bonchev–Trinajstić information content (AvgIpc) is 2.70. The molecule has 2 aromatic carbocycles. The smallest absolute Gasteiger partial charge is 0.261 e. The molecule has 5 heteroatoms. The number of benzene rings is 2. The van der Waals surface area contributed by atoms with Crippen molar-refractivity contribution in [3.63, 3.8) is 0 Å². The van der Waals surface area contributed by atoms with Crippen LogP contribution in [0.15, 0.2) is 40.9 Å². The van der Waals surface area contributed by atoms with Crippen LogP contribution >= 0.6 is 15.9 Å². The molecule has 0 fully saturated rings. The zero-order valence-electron chi connectivity index (χ0n) is 12.8. The highest BCUT2D eigenvalue weighted by atomic mass is 79.9. The van der Waals surface area contributed by atoms with Gasteiger partial charge < -0.3 is 10.4 Å². The predicted octanol–water partition coefficient (Wildman–Crippen LogP) is 3.48. The van der Waals surface area contributed by atoms with Gasteiger partial charge >= 0.3 is 0 Å². The summed E-state index contributed by atoms with van der Waals surface area (Å²) in [4.78, 5) is 24.9. The Bertz CT molecular complexity index is 831. The van der Waals surface area contributed by atoms with E-state index < -0.39 is 11.5 Å². The molecule has 1 amide bonds. The van der Waals surface area contributed by atoms with Crippen molar-refractivity contribution in [2.75, 3.05) is 5.32 Å². The van der Waals surface area contributed by atoms with Crippen LogP contribution in [-0.4, -0.2) is 16.8 Å². The highest BCUT2D eigenvalue weighted by Crippen LogP contribution is 2.40. The van der Waals surface area contributed by atoms with E-state index in [-0.39, 0.29) is 12.2 Å². The second-order valence-electron chi connectivity index (χ2n) is 5.92. The summed E-state index contributed by atoms with van der Waals surface area (Å²) < 4.78 is 0.741. The lowest BCUT2D eigenvalue weighted by molar-refractivity contribution is -0.133. The molecule has 0 bridgehead atoms. The molecule has 0 spiro atoms. The molecule has 23 heavy (non-hydrogen) atoms. The van der Waals surface area contributed by atoms with Gasteiger partial charge in [-0.1, -0.05) is 39.7 Å². The number of nitrogens with one attached hydrogen (secondary N) is 1. The van der Waals surface area contributed by atoms with Crippen LogP contribution in [-0.2, 0) is 10.4 Å². The number of aliphatic hydroxyl groups is 1. The summed E-state index contributed by atoms with van der Waals surface area (Å²) in [7, 11) is 0. The predicted molar refractivity (Wildman–Crippen MR) is 91.5 cm³/mol. The normalized spacial score (nSPS) is 19.4. The standard InChI is InChI=1S/C18H16BrNO3/c1-10-3-5-13(11(2)7-10)16(21)9-18(23)14-8-12(19)4-6-15(14)20-17(18)22/h3-8,23H,9H2,1-2H3,(H,20,22)/t18-/m1/s1. The van der Waals surface area contributed by atoms with Crippen molar-refractivity contribution in [1.82, 2.24) is 0 Å². The first-order valence-electron chi connectivity index (χ1n) is 7.25. The van der Waals surface area contributed by atoms with Crippen LogP contribution in [0.3, 0.4) is 0 Å². The van der Waals surface area contributed by atoms with Gasteiger partial charge in [0.2, 0.25) is 0 Å². The van der Waals surface area contributed by atoms with Gasteiger partial charge in [-0.15, -0.1) is 0 Å². The summed E-state index contributed by atoms with van der Waals surface area (Å²) in [5, 5.41) is 13.5. The molecule has 2 N–H and O–H groups in total. The fourth-order valence-corrected chi connectivity index (χ4v) is 3.31. The largest absolute Gasteiger partial charge is 0.375 e. The van der Waals surface area contributed by atoms with Crippen LogP contribution in [0.1, 0.15) is 33.5 Å². The molecule has 1 aliphatic rings. The Morgan fingerprint density at radius 3 is 2.65 bits per heavy atom. The summed E-state index contributed by atoms with van der Waals surface area (Å²) in [5.41, 5.74) is 1.55. The summed E-state index contributed by atoms with van der Waals surface area (Å²) >= 11 is 3.33. The van der Waals surface area contributed by atoms with Crippen LogP contribution in [0.25, 0.3) is 0 Å². The number of carbonyl (C=O) groups is 2. The molecule has 0 radical (unpaired) electrons. The Morgan fingerprint density at radius 1 is 1.22 bits per heavy atom. The minimum absolute atomic E-state index is 0.257. The number of carbonyl (C=O) groups excluding carboxylic acids is 2. The Kier molecular flexibility index (Phi) is 3.86. The van der Waals surface area contributed by atoms with E-state index in [0.29, 0.717) is 16.8 Å². The minimum atomic E-state index is -1.84. The highest BCUT2D eigenvalue weighted by Gasteiger charge is 2.47. The molecule has 3 rings (SSSR count). The van der Waals surface area contributed by atoms with Gasteiger partial charge in [0.15, 0.2) is 11.4 Å². The topological polar surface area (TPSA) is 66.4 Å². The molecule has 0 aromatic heterocycles. The molecule has 0 saturated heterocycles. The monoisotopic (exact) mass is 373 g/mol. The second kappa shape index (κ2) is 5.58. The van der Waals surface area contributed by atoms with E-state index >= 15 is 0 Å². The van der Waals surface area contributed by atoms with Crippen LogP contribution < -0.4 is 5.32 Å². The van der Waals surface area contributed by atoms with Gasteiger partial charge in [-0.05, 0) is 37.6 Å². The average molecular weight is 374 g/mol. The van der Waals surface area contributed by atoms with Crippen molar-refractivity contribution >= 4 is 33.3 Å². The first-order valence-corrected chi connectivity index (χ1v) is 8.05. The van der Waals surface area contributed by atoms with Crippen LogP contribution in [0.2, 0.25) is 0 Å². The fourth-order valence-electron chi connectivity index (χ4n) is 2.95. The van der Waals surface area contributed by atoms with Crippen LogP contribution in [0.5, 0.6) is 0 Å². The Hall–Kier alpha value is -1.98. The third kappa shape index (κ3) is 2.71. The quantitative estimate of drug-likeness (QED) is 0.809. The maximum Gasteiger partial charge on any atom is 0.261 e. The number of ketones is 1. The van der Waals surface area contributed by atoms with Gasteiger partial charge in [0, 0.05) is 21.3 Å². The third-order valence-electron chi connectivity index (χ3n) is 4.15. The number of amides is 1. The summed E-state index contributed by atoms with van der Waals surface area (Å²) in [6, 6.07) is 10.7. The van der Waals surface area contributed by atoms with Gasteiger partial charge in [-0.25, -0.2) is 0 Å². The molecule has 4 nitrogen and oxygen atoms in total. The van der Waals surface area contributed by atoms with Crippen LogP contribution in [0.4, 0.5) is 5.69 Å². The van der Waals surface area contributed by atoms with E-state index in [0.717, 1.165) is 15.6 Å². The zero-order chi connectivity index (χ0) is 16.8. The van der Waals surface area contributed by atoms with E-state index in [1.807, 2.05) is 26.0 Å². The number of halogens is 1. The van der Waals surface area contributed by atoms with Gasteiger partial charge in [0.25, 0.3) is 5.91 Å². The molecular formula is C18H16BrNO3. The number of rotatable bonds is 3. The molecule has 1 heterocycles. The number of hydrogen-bond donors (Lipinski definition) is 2. The van der Waals surface area contributed by atoms with Crippen molar-refractivity contribution in [3.8, 4) is 0 Å². The van der Waals surface area contributed by atoms with Crippen molar-refractivity contribution in [2.24, 2.45) is 0 Å². The van der Waals surface area contributed by atoms with Gasteiger partial charge in [0.1, 0.15) is 0 Å². The Balaban J connectivity index is 1.97. The minimum Gasteiger partial charge on any atom is -0.375 e. The Morgan fingerprint density at radius 2 is 1.96 bits per heavy atom. The molecule has 2 aromatic rings. The maximum atomic E-state index is 12.6. The number of hydrogen-bond acceptors (Lipinski definition) is 3. The van der Waals surface area contributed by atoms with E-state index in [9.17, 15) is 14.7 Å². The number of anilines is 1. The van der Waals surface area contributed by atoms with Gasteiger partial charge in [0.05, 0.1) is 6.42 Å². The lowest BCUT2D eigenvalue weighted by Crippen LogP contribution is -2.36. The van der Waals surface area contributed by atoms with E-state index in [1.54, 1.807) is 24.3 Å². The van der Waals surface area contributed by atoms with Crippen molar-refractivity contribution in [1.29, 1.82) is 0 Å². The van der Waals surface area contributed by atoms with Gasteiger partial charge in [-0.3, -0.25) is 9.59 Å². The fraction of sp³-hybridized carbons (Fsp3) is 0.222. The molecule has 0 aliphatic carbocycles. The lowest BCUT2D eigenvalue weighted by Gasteiger charge is -2.20. The molecule has 118 valence electrons. The molecule has 0 unspecified atom stereocenters. The third-order valence-corrected chi connectivity index (χ3v) is 4.64. The zero-order valence-corrected chi connectivity index (χ0v) is 14.4. The number of Topliss-reactive ketones (excluding diaryl/α,β-unsaturated/α-hetero) is 1. The summed E-state index contributed by atoms with van der Waals surface area (Å²) in [6.07, 6.45) is -0.286. The van der Waals surface area contributed by atoms with E-state index in [4.69, 9.17) is 0 Å². The molecule has 1 aliphatic heterocycles. The SMILES string of the molecule is Cc1ccc(C(=O)C[C@]2(O)C(=O)Nc3ccc(Br)cc32)c(C)c1. The Labute approximate surface area is 142 Å². The van der Waals surface area contributed by atoms with Crippen molar-refractivity contribution < 1.29 is 14.7 Å². The maximum absolute atomic E-state index is 12.6. The van der Waals surface area contributed by atoms with Crippen molar-refractivity contribution in [3.05, 3.63) is 63.1 Å².